The van der Waals surface area contributed by atoms with Gasteiger partial charge in [-0.05, 0) is 37.6 Å². The van der Waals surface area contributed by atoms with Crippen LogP contribution in [-0.4, -0.2) is 28.4 Å². The highest BCUT2D eigenvalue weighted by Gasteiger charge is 2.20. The maximum absolute atomic E-state index is 12.4. The Morgan fingerprint density at radius 2 is 2.00 bits per heavy atom. The number of esters is 1. The van der Waals surface area contributed by atoms with Gasteiger partial charge in [0.05, 0.1) is 10.6 Å². The van der Waals surface area contributed by atoms with E-state index in [0.29, 0.717) is 21.3 Å². The number of ether oxygens (including phenoxy) is 1. The number of benzene rings is 2. The van der Waals surface area contributed by atoms with Crippen LogP contribution >= 0.6 is 22.9 Å². The van der Waals surface area contributed by atoms with Crippen molar-refractivity contribution in [2.75, 3.05) is 11.9 Å². The largest absolute Gasteiger partial charge is 0.451 e. The van der Waals surface area contributed by atoms with Crippen molar-refractivity contribution in [2.45, 2.75) is 13.8 Å². The molecule has 10 heteroatoms. The van der Waals surface area contributed by atoms with Crippen molar-refractivity contribution >= 4 is 46.2 Å². The zero-order chi connectivity index (χ0) is 21.8. The average Bonchev–Trinajstić information content (AvgIpc) is 3.09. The monoisotopic (exact) mass is 445 g/mol. The number of hydrogen-bond acceptors (Lipinski definition) is 7. The molecule has 0 radical (unpaired) electrons. The number of carbonyl (C=O) groups is 2. The van der Waals surface area contributed by atoms with Crippen molar-refractivity contribution < 1.29 is 19.2 Å². The number of nitro benzene ring substituents is 1. The van der Waals surface area contributed by atoms with Crippen LogP contribution < -0.4 is 5.32 Å². The number of carbonyl (C=O) groups excluding carboxylic acids is 2. The van der Waals surface area contributed by atoms with Gasteiger partial charge in [0.1, 0.15) is 15.6 Å². The Morgan fingerprint density at radius 3 is 2.70 bits per heavy atom. The Hall–Kier alpha value is -3.30. The average molecular weight is 446 g/mol. The second kappa shape index (κ2) is 9.02. The molecule has 2 aromatic carbocycles. The van der Waals surface area contributed by atoms with Crippen molar-refractivity contribution in [3.8, 4) is 10.6 Å². The van der Waals surface area contributed by atoms with E-state index in [0.717, 1.165) is 16.9 Å². The van der Waals surface area contributed by atoms with Crippen LogP contribution in [-0.2, 0) is 9.53 Å². The number of nitro groups is 1. The minimum atomic E-state index is -0.702. The number of thiazole rings is 1. The molecular formula is C20H16ClN3O5S. The Kier molecular flexibility index (Phi) is 6.43. The van der Waals surface area contributed by atoms with E-state index in [9.17, 15) is 19.7 Å². The van der Waals surface area contributed by atoms with E-state index in [2.05, 4.69) is 10.3 Å². The summed E-state index contributed by atoms with van der Waals surface area (Å²) in [5.74, 6) is -1.39. The van der Waals surface area contributed by atoms with E-state index in [4.69, 9.17) is 16.3 Å². The van der Waals surface area contributed by atoms with Gasteiger partial charge in [0.25, 0.3) is 11.6 Å². The highest BCUT2D eigenvalue weighted by atomic mass is 35.5. The van der Waals surface area contributed by atoms with E-state index >= 15 is 0 Å². The molecule has 3 aromatic rings. The third-order valence-electron chi connectivity index (χ3n) is 4.01. The minimum Gasteiger partial charge on any atom is -0.451 e. The van der Waals surface area contributed by atoms with Crippen molar-refractivity contribution in [1.82, 2.24) is 4.98 Å². The molecule has 0 spiro atoms. The van der Waals surface area contributed by atoms with Crippen molar-refractivity contribution in [1.29, 1.82) is 0 Å². The maximum atomic E-state index is 12.4. The number of rotatable bonds is 6. The highest BCUT2D eigenvalue weighted by molar-refractivity contribution is 7.17. The summed E-state index contributed by atoms with van der Waals surface area (Å²) >= 11 is 7.12. The lowest BCUT2D eigenvalue weighted by Gasteiger charge is -2.07. The van der Waals surface area contributed by atoms with E-state index in [1.807, 2.05) is 6.07 Å². The van der Waals surface area contributed by atoms with Gasteiger partial charge in [0.15, 0.2) is 6.61 Å². The SMILES string of the molecule is Cc1ccc(NC(=O)COC(=O)c2sc(-c3cccc(Cl)c3)nc2C)c([N+](=O)[O-])c1. The van der Waals surface area contributed by atoms with Gasteiger partial charge in [0, 0.05) is 16.7 Å². The van der Waals surface area contributed by atoms with Crippen LogP contribution in [0.15, 0.2) is 42.5 Å². The number of hydrogen-bond donors (Lipinski definition) is 1. The maximum Gasteiger partial charge on any atom is 0.350 e. The zero-order valence-corrected chi connectivity index (χ0v) is 17.5. The first kappa shape index (κ1) is 21.4. The van der Waals surface area contributed by atoms with Gasteiger partial charge in [-0.1, -0.05) is 29.8 Å². The molecule has 0 atom stereocenters. The minimum absolute atomic E-state index is 0.0314. The van der Waals surface area contributed by atoms with Crippen LogP contribution in [0.1, 0.15) is 20.9 Å². The van der Waals surface area contributed by atoms with Crippen LogP contribution in [0.3, 0.4) is 0 Å². The number of nitrogens with zero attached hydrogens (tertiary/aromatic N) is 2. The smallest absolute Gasteiger partial charge is 0.350 e. The number of halogens is 1. The molecule has 30 heavy (non-hydrogen) atoms. The first-order valence-electron chi connectivity index (χ1n) is 8.70. The lowest BCUT2D eigenvalue weighted by Crippen LogP contribution is -2.21. The number of amides is 1. The molecule has 1 N–H and O–H groups in total. The van der Waals surface area contributed by atoms with E-state index < -0.39 is 23.4 Å². The molecule has 0 bridgehead atoms. The van der Waals surface area contributed by atoms with E-state index in [1.165, 1.54) is 12.1 Å². The molecule has 0 aliphatic carbocycles. The molecule has 0 unspecified atom stereocenters. The van der Waals surface area contributed by atoms with Crippen molar-refractivity contribution in [3.63, 3.8) is 0 Å². The van der Waals surface area contributed by atoms with Gasteiger partial charge >= 0.3 is 5.97 Å². The summed E-state index contributed by atoms with van der Waals surface area (Å²) in [6.07, 6.45) is 0. The molecule has 154 valence electrons. The number of aryl methyl sites for hydroxylation is 2. The molecule has 3 rings (SSSR count). The molecule has 1 heterocycles. The molecule has 0 saturated carbocycles. The summed E-state index contributed by atoms with van der Waals surface area (Å²) in [6.45, 7) is 2.78. The fraction of sp³-hybridized carbons (Fsp3) is 0.150. The summed E-state index contributed by atoms with van der Waals surface area (Å²) in [4.78, 5) is 39.7. The lowest BCUT2D eigenvalue weighted by atomic mass is 10.2. The van der Waals surface area contributed by atoms with Crippen LogP contribution in [0.5, 0.6) is 0 Å². The quantitative estimate of drug-likeness (QED) is 0.332. The molecule has 0 aliphatic heterocycles. The van der Waals surface area contributed by atoms with Crippen LogP contribution in [0.4, 0.5) is 11.4 Å². The zero-order valence-electron chi connectivity index (χ0n) is 16.0. The van der Waals surface area contributed by atoms with Crippen LogP contribution in [0.2, 0.25) is 5.02 Å². The van der Waals surface area contributed by atoms with Gasteiger partial charge in [-0.25, -0.2) is 9.78 Å². The highest BCUT2D eigenvalue weighted by Crippen LogP contribution is 2.30. The van der Waals surface area contributed by atoms with Gasteiger partial charge in [-0.15, -0.1) is 11.3 Å². The van der Waals surface area contributed by atoms with Crippen molar-refractivity contribution in [3.05, 3.63) is 73.7 Å². The molecule has 0 saturated heterocycles. The first-order chi connectivity index (χ1) is 14.2. The fourth-order valence-corrected chi connectivity index (χ4v) is 3.76. The second-order valence-electron chi connectivity index (χ2n) is 6.35. The Balaban J connectivity index is 1.66. The molecular weight excluding hydrogens is 430 g/mol. The van der Waals surface area contributed by atoms with E-state index in [1.54, 1.807) is 38.1 Å². The van der Waals surface area contributed by atoms with Gasteiger partial charge in [-0.3, -0.25) is 14.9 Å². The Bertz CT molecular complexity index is 1150. The van der Waals surface area contributed by atoms with Crippen LogP contribution in [0.25, 0.3) is 10.6 Å². The predicted octanol–water partition coefficient (Wildman–Crippen LogP) is 4.78. The Morgan fingerprint density at radius 1 is 1.23 bits per heavy atom. The van der Waals surface area contributed by atoms with Crippen molar-refractivity contribution in [2.24, 2.45) is 0 Å². The predicted molar refractivity (Wildman–Crippen MR) is 114 cm³/mol. The first-order valence-corrected chi connectivity index (χ1v) is 9.89. The molecule has 0 fully saturated rings. The topological polar surface area (TPSA) is 111 Å². The van der Waals surface area contributed by atoms with Gasteiger partial charge in [-0.2, -0.15) is 0 Å². The summed E-state index contributed by atoms with van der Waals surface area (Å²) in [5, 5.41) is 14.7. The summed E-state index contributed by atoms with van der Waals surface area (Å²) < 4.78 is 5.06. The number of nitrogens with one attached hydrogen (secondary N) is 1. The third-order valence-corrected chi connectivity index (χ3v) is 5.43. The van der Waals surface area contributed by atoms with Gasteiger partial charge < -0.3 is 10.1 Å². The number of anilines is 1. The summed E-state index contributed by atoms with van der Waals surface area (Å²) in [7, 11) is 0. The summed E-state index contributed by atoms with van der Waals surface area (Å²) in [5.41, 5.74) is 1.71. The number of aromatic nitrogens is 1. The third kappa shape index (κ3) is 5.00. The fourth-order valence-electron chi connectivity index (χ4n) is 2.61. The Labute approximate surface area is 180 Å². The molecule has 1 aromatic heterocycles. The summed E-state index contributed by atoms with van der Waals surface area (Å²) in [6, 6.07) is 11.5. The lowest BCUT2D eigenvalue weighted by molar-refractivity contribution is -0.384. The van der Waals surface area contributed by atoms with Gasteiger partial charge in [0.2, 0.25) is 0 Å². The second-order valence-corrected chi connectivity index (χ2v) is 7.78. The van der Waals surface area contributed by atoms with Crippen LogP contribution in [0, 0.1) is 24.0 Å². The normalized spacial score (nSPS) is 10.5. The molecule has 8 nitrogen and oxygen atoms in total. The molecule has 0 aliphatic rings. The standard InChI is InChI=1S/C20H16ClN3O5S/c1-11-6-7-15(16(8-11)24(27)28)23-17(25)10-29-20(26)18-12(2)22-19(30-18)13-4-3-5-14(21)9-13/h3-9H,10H2,1-2H3,(H,23,25). The van der Waals surface area contributed by atoms with E-state index in [-0.39, 0.29) is 16.3 Å². The molecule has 1 amide bonds.